The van der Waals surface area contributed by atoms with Crippen LogP contribution in [-0.2, 0) is 0 Å². The Morgan fingerprint density at radius 3 is 1.53 bits per heavy atom. The van der Waals surface area contributed by atoms with E-state index in [0.29, 0.717) is 0 Å². The van der Waals surface area contributed by atoms with Crippen molar-refractivity contribution in [3.63, 3.8) is 0 Å². The topological polar surface area (TPSA) is 43.6 Å². The minimum atomic E-state index is 0.905. The second kappa shape index (κ2) is 13.6. The Morgan fingerprint density at radius 1 is 0.351 bits per heavy atom. The highest BCUT2D eigenvalue weighted by atomic mass is 15.3. The summed E-state index contributed by atoms with van der Waals surface area (Å²) >= 11 is 0. The van der Waals surface area contributed by atoms with Crippen molar-refractivity contribution in [2.24, 2.45) is 0 Å². The number of nitrogens with zero attached hydrogens (tertiary/aromatic N) is 4. The summed E-state index contributed by atoms with van der Waals surface area (Å²) in [6.45, 7) is 0. The first-order valence-electron chi connectivity index (χ1n) is 19.3. The molecule has 4 nitrogen and oxygen atoms in total. The summed E-state index contributed by atoms with van der Waals surface area (Å²) in [5.74, 6) is 0. The van der Waals surface area contributed by atoms with Crippen LogP contribution in [0.4, 0.5) is 0 Å². The standard InChI is InChI=1S/C53H34N4/c1-4-14-36(15-5-1)47-32-30-39-28-29-40-31-33-48(55-52(40)51(39)54-47)37-26-24-35(25-27-37)43-21-12-13-23-45(43)46-34-41-18-10-11-22-44(41)53-49(46)50(38-16-6-2-7-17-38)56-57(53)42-19-8-3-9-20-42/h1-34H. The summed E-state index contributed by atoms with van der Waals surface area (Å²) in [6, 6.07) is 72.6. The highest BCUT2D eigenvalue weighted by Gasteiger charge is 2.22. The van der Waals surface area contributed by atoms with E-state index in [1.807, 2.05) is 18.2 Å². The molecule has 57 heavy (non-hydrogen) atoms. The lowest BCUT2D eigenvalue weighted by atomic mass is 9.89. The smallest absolute Gasteiger partial charge is 0.101 e. The SMILES string of the molecule is c1ccc(-c2ccc3ccc4ccc(-c5ccc(-c6ccccc6-c6cc7ccccc7c7c6c(-c6ccccc6)nn7-c6ccccc6)cc5)nc4c3n2)cc1. The average molecular weight is 727 g/mol. The molecule has 8 aromatic carbocycles. The largest absolute Gasteiger partial charge is 0.245 e. The van der Waals surface area contributed by atoms with E-state index in [9.17, 15) is 0 Å². The third-order valence-electron chi connectivity index (χ3n) is 11.0. The first kappa shape index (κ1) is 32.7. The number of rotatable bonds is 6. The Morgan fingerprint density at radius 2 is 0.860 bits per heavy atom. The minimum absolute atomic E-state index is 0.905. The highest BCUT2D eigenvalue weighted by Crippen LogP contribution is 2.44. The van der Waals surface area contributed by atoms with Gasteiger partial charge in [-0.1, -0.05) is 176 Å². The van der Waals surface area contributed by atoms with Gasteiger partial charge in [0.2, 0.25) is 0 Å². The van der Waals surface area contributed by atoms with Gasteiger partial charge < -0.3 is 0 Å². The number of aromatic nitrogens is 4. The average Bonchev–Trinajstić information content (AvgIpc) is 3.71. The van der Waals surface area contributed by atoms with E-state index in [-0.39, 0.29) is 0 Å². The monoisotopic (exact) mass is 726 g/mol. The Balaban J connectivity index is 1.06. The predicted molar refractivity (Wildman–Crippen MR) is 236 cm³/mol. The Hall–Kier alpha value is -7.69. The van der Waals surface area contributed by atoms with E-state index in [1.165, 1.54) is 10.8 Å². The Kier molecular flexibility index (Phi) is 7.78. The van der Waals surface area contributed by atoms with E-state index in [0.717, 1.165) is 94.4 Å². The maximum atomic E-state index is 5.38. The van der Waals surface area contributed by atoms with E-state index < -0.39 is 0 Å². The van der Waals surface area contributed by atoms with Gasteiger partial charge in [-0.05, 0) is 58.0 Å². The molecule has 0 saturated heterocycles. The number of fused-ring (bicyclic) bond motifs is 6. The van der Waals surface area contributed by atoms with Gasteiger partial charge in [0.15, 0.2) is 0 Å². The fourth-order valence-corrected chi connectivity index (χ4v) is 8.24. The maximum absolute atomic E-state index is 5.38. The molecule has 4 heteroatoms. The van der Waals surface area contributed by atoms with Crippen LogP contribution in [0.1, 0.15) is 0 Å². The van der Waals surface area contributed by atoms with Gasteiger partial charge in [-0.25, -0.2) is 14.6 Å². The van der Waals surface area contributed by atoms with Gasteiger partial charge in [-0.15, -0.1) is 0 Å². The molecule has 0 bridgehead atoms. The van der Waals surface area contributed by atoms with Crippen LogP contribution in [0.5, 0.6) is 0 Å². The van der Waals surface area contributed by atoms with Crippen LogP contribution in [0.2, 0.25) is 0 Å². The molecule has 266 valence electrons. The van der Waals surface area contributed by atoms with E-state index in [2.05, 4.69) is 193 Å². The second-order valence-corrected chi connectivity index (χ2v) is 14.4. The van der Waals surface area contributed by atoms with Gasteiger partial charge in [-0.3, -0.25) is 0 Å². The van der Waals surface area contributed by atoms with Crippen molar-refractivity contribution in [3.05, 3.63) is 206 Å². The molecule has 3 heterocycles. The van der Waals surface area contributed by atoms with Crippen LogP contribution >= 0.6 is 0 Å². The molecule has 0 amide bonds. The summed E-state index contributed by atoms with van der Waals surface area (Å²) in [7, 11) is 0. The molecule has 11 rings (SSSR count). The van der Waals surface area contributed by atoms with Crippen molar-refractivity contribution in [1.82, 2.24) is 19.7 Å². The third-order valence-corrected chi connectivity index (χ3v) is 11.0. The number of benzene rings is 8. The highest BCUT2D eigenvalue weighted by molar-refractivity contribution is 6.18. The number of para-hydroxylation sites is 1. The van der Waals surface area contributed by atoms with Crippen molar-refractivity contribution in [1.29, 1.82) is 0 Å². The van der Waals surface area contributed by atoms with E-state index >= 15 is 0 Å². The van der Waals surface area contributed by atoms with Gasteiger partial charge in [0.25, 0.3) is 0 Å². The molecular weight excluding hydrogens is 693 g/mol. The summed E-state index contributed by atoms with van der Waals surface area (Å²) < 4.78 is 2.12. The Bertz CT molecular complexity index is 3260. The maximum Gasteiger partial charge on any atom is 0.101 e. The summed E-state index contributed by atoms with van der Waals surface area (Å²) in [4.78, 5) is 10.3. The van der Waals surface area contributed by atoms with Crippen LogP contribution in [0, 0.1) is 0 Å². The fourth-order valence-electron chi connectivity index (χ4n) is 8.24. The van der Waals surface area contributed by atoms with Gasteiger partial charge in [0.1, 0.15) is 5.69 Å². The van der Waals surface area contributed by atoms with Crippen molar-refractivity contribution in [2.45, 2.75) is 0 Å². The summed E-state index contributed by atoms with van der Waals surface area (Å²) in [5.41, 5.74) is 14.6. The first-order chi connectivity index (χ1) is 28.3. The molecule has 0 aliphatic heterocycles. The quantitative estimate of drug-likeness (QED) is 0.160. The second-order valence-electron chi connectivity index (χ2n) is 14.4. The van der Waals surface area contributed by atoms with Crippen molar-refractivity contribution in [2.75, 3.05) is 0 Å². The lowest BCUT2D eigenvalue weighted by Crippen LogP contribution is -1.96. The van der Waals surface area contributed by atoms with Crippen LogP contribution in [0.15, 0.2) is 206 Å². The zero-order chi connectivity index (χ0) is 37.7. The van der Waals surface area contributed by atoms with E-state index in [4.69, 9.17) is 15.1 Å². The fraction of sp³-hybridized carbons (Fsp3) is 0. The minimum Gasteiger partial charge on any atom is -0.245 e. The van der Waals surface area contributed by atoms with Gasteiger partial charge in [-0.2, -0.15) is 5.10 Å². The normalized spacial score (nSPS) is 11.5. The van der Waals surface area contributed by atoms with Gasteiger partial charge in [0.05, 0.1) is 33.6 Å². The molecule has 0 spiro atoms. The van der Waals surface area contributed by atoms with Crippen LogP contribution in [0.25, 0.3) is 105 Å². The molecule has 0 N–H and O–H groups in total. The first-order valence-corrected chi connectivity index (χ1v) is 19.3. The summed E-state index contributed by atoms with van der Waals surface area (Å²) in [5, 5.41) is 11.0. The number of hydrogen-bond acceptors (Lipinski definition) is 3. The van der Waals surface area contributed by atoms with Gasteiger partial charge in [0, 0.05) is 38.2 Å². The molecule has 11 aromatic rings. The number of pyridine rings is 2. The van der Waals surface area contributed by atoms with Crippen LogP contribution < -0.4 is 0 Å². The molecule has 0 aliphatic carbocycles. The van der Waals surface area contributed by atoms with Crippen molar-refractivity contribution >= 4 is 43.5 Å². The molecule has 0 fully saturated rings. The molecule has 0 saturated carbocycles. The Labute approximate surface area is 330 Å². The molecule has 0 unspecified atom stereocenters. The lowest BCUT2D eigenvalue weighted by molar-refractivity contribution is 0.918. The van der Waals surface area contributed by atoms with Gasteiger partial charge >= 0.3 is 0 Å². The van der Waals surface area contributed by atoms with Crippen molar-refractivity contribution in [3.8, 4) is 61.7 Å². The van der Waals surface area contributed by atoms with Crippen LogP contribution in [0.3, 0.4) is 0 Å². The zero-order valence-electron chi connectivity index (χ0n) is 30.9. The molecular formula is C53H34N4. The van der Waals surface area contributed by atoms with Crippen molar-refractivity contribution < 1.29 is 0 Å². The molecule has 3 aromatic heterocycles. The number of hydrogen-bond donors (Lipinski definition) is 0. The molecule has 0 radical (unpaired) electrons. The van der Waals surface area contributed by atoms with E-state index in [1.54, 1.807) is 0 Å². The molecule has 0 aliphatic rings. The predicted octanol–water partition coefficient (Wildman–Crippen LogP) is 13.6. The summed E-state index contributed by atoms with van der Waals surface area (Å²) in [6.07, 6.45) is 0. The third kappa shape index (κ3) is 5.66. The lowest BCUT2D eigenvalue weighted by Gasteiger charge is -2.15. The zero-order valence-corrected chi connectivity index (χ0v) is 30.9. The molecule has 0 atom stereocenters. The van der Waals surface area contributed by atoms with Crippen LogP contribution in [-0.4, -0.2) is 19.7 Å².